The Bertz CT molecular complexity index is 693. The molecule has 0 aliphatic heterocycles. The van der Waals surface area contributed by atoms with E-state index >= 15 is 0 Å². The van der Waals surface area contributed by atoms with Gasteiger partial charge in [-0.2, -0.15) is 0 Å². The standard InChI is InChI=1S/C29H50O2/c1-18(2)9-8-10-19(3)21-12-13-22-20-11-14-25-27(4,5)26(31)24(30)17-29(25,7)23(20)15-16-28(21,22)6/h14,18-24,26,30-31H,8-13,15-17H2,1-7H3/t19-,20+,21-,22+,23+,24-,26+,28-,29-/m1/s1. The number of allylic oxidation sites excluding steroid dienone is 1. The number of aliphatic hydroxyl groups excluding tert-OH is 2. The first-order valence-electron chi connectivity index (χ1n) is 13.5. The second-order valence-electron chi connectivity index (χ2n) is 13.6. The third-order valence-corrected chi connectivity index (χ3v) is 11.1. The Morgan fingerprint density at radius 1 is 0.968 bits per heavy atom. The molecular weight excluding hydrogens is 380 g/mol. The van der Waals surface area contributed by atoms with E-state index < -0.39 is 12.2 Å². The molecule has 0 saturated heterocycles. The summed E-state index contributed by atoms with van der Waals surface area (Å²) >= 11 is 0. The van der Waals surface area contributed by atoms with Crippen molar-refractivity contribution in [1.82, 2.24) is 0 Å². The number of hydrogen-bond acceptors (Lipinski definition) is 2. The van der Waals surface area contributed by atoms with E-state index in [0.29, 0.717) is 11.3 Å². The molecule has 4 rings (SSSR count). The van der Waals surface area contributed by atoms with Gasteiger partial charge in [0.05, 0.1) is 12.2 Å². The minimum absolute atomic E-state index is 0.0490. The fraction of sp³-hybridized carbons (Fsp3) is 0.931. The van der Waals surface area contributed by atoms with E-state index in [-0.39, 0.29) is 10.8 Å². The zero-order valence-corrected chi connectivity index (χ0v) is 21.5. The maximum atomic E-state index is 10.8. The van der Waals surface area contributed by atoms with E-state index in [0.717, 1.165) is 36.0 Å². The van der Waals surface area contributed by atoms with Crippen LogP contribution in [0, 0.1) is 51.8 Å². The van der Waals surface area contributed by atoms with Gasteiger partial charge < -0.3 is 10.2 Å². The lowest BCUT2D eigenvalue weighted by Crippen LogP contribution is -2.58. The van der Waals surface area contributed by atoms with Crippen LogP contribution in [-0.2, 0) is 0 Å². The van der Waals surface area contributed by atoms with Gasteiger partial charge in [-0.15, -0.1) is 0 Å². The zero-order chi connectivity index (χ0) is 22.8. The van der Waals surface area contributed by atoms with Crippen molar-refractivity contribution >= 4 is 0 Å². The van der Waals surface area contributed by atoms with Crippen LogP contribution in [0.25, 0.3) is 0 Å². The molecule has 31 heavy (non-hydrogen) atoms. The van der Waals surface area contributed by atoms with Crippen LogP contribution in [0.15, 0.2) is 11.6 Å². The summed E-state index contributed by atoms with van der Waals surface area (Å²) in [6, 6.07) is 0. The number of rotatable bonds is 5. The van der Waals surface area contributed by atoms with Crippen molar-refractivity contribution in [3.05, 3.63) is 11.6 Å². The van der Waals surface area contributed by atoms with Gasteiger partial charge >= 0.3 is 0 Å². The molecule has 0 amide bonds. The van der Waals surface area contributed by atoms with Gasteiger partial charge in [0.2, 0.25) is 0 Å². The molecule has 0 radical (unpaired) electrons. The molecule has 9 atom stereocenters. The van der Waals surface area contributed by atoms with Gasteiger partial charge in [0.15, 0.2) is 0 Å². The topological polar surface area (TPSA) is 40.5 Å². The highest BCUT2D eigenvalue weighted by Gasteiger charge is 2.62. The molecule has 2 N–H and O–H groups in total. The van der Waals surface area contributed by atoms with Gasteiger partial charge in [0.1, 0.15) is 0 Å². The lowest BCUT2D eigenvalue weighted by atomic mass is 9.44. The average Bonchev–Trinajstić information content (AvgIpc) is 3.03. The fourth-order valence-corrected chi connectivity index (χ4v) is 9.57. The largest absolute Gasteiger partial charge is 0.390 e. The number of fused-ring (bicyclic) bond motifs is 5. The molecule has 4 aliphatic carbocycles. The highest BCUT2D eigenvalue weighted by atomic mass is 16.3. The quantitative estimate of drug-likeness (QED) is 0.461. The van der Waals surface area contributed by atoms with Crippen molar-refractivity contribution in [3.63, 3.8) is 0 Å². The second-order valence-corrected chi connectivity index (χ2v) is 13.6. The SMILES string of the molecule is CC(C)CCC[C@@H](C)[C@H]1CC[C@H]2[C@@H]3CC=C4C(C)(C)[C@@H](O)[C@H](O)C[C@]4(C)[C@H]3CC[C@]12C. The van der Waals surface area contributed by atoms with Crippen LogP contribution in [-0.4, -0.2) is 22.4 Å². The molecule has 2 nitrogen and oxygen atoms in total. The first kappa shape index (κ1) is 23.8. The average molecular weight is 431 g/mol. The summed E-state index contributed by atoms with van der Waals surface area (Å²) in [6.45, 7) is 16.6. The Kier molecular flexibility index (Phi) is 6.26. The van der Waals surface area contributed by atoms with Crippen LogP contribution in [0.1, 0.15) is 106 Å². The van der Waals surface area contributed by atoms with Crippen LogP contribution in [0.3, 0.4) is 0 Å². The molecule has 0 unspecified atom stereocenters. The Balaban J connectivity index is 1.56. The minimum atomic E-state index is -0.639. The first-order valence-corrected chi connectivity index (χ1v) is 13.5. The van der Waals surface area contributed by atoms with E-state index in [1.807, 2.05) is 0 Å². The third-order valence-electron chi connectivity index (χ3n) is 11.1. The highest BCUT2D eigenvalue weighted by Crippen LogP contribution is 2.69. The summed E-state index contributed by atoms with van der Waals surface area (Å²) in [5, 5.41) is 21.6. The first-order chi connectivity index (χ1) is 14.4. The number of hydrogen-bond donors (Lipinski definition) is 2. The minimum Gasteiger partial charge on any atom is -0.390 e. The van der Waals surface area contributed by atoms with Crippen LogP contribution in [0.4, 0.5) is 0 Å². The molecule has 0 aromatic carbocycles. The molecule has 0 aromatic heterocycles. The summed E-state index contributed by atoms with van der Waals surface area (Å²) in [7, 11) is 0. The summed E-state index contributed by atoms with van der Waals surface area (Å²) in [5.41, 5.74) is 1.68. The molecule has 4 aliphatic rings. The van der Waals surface area contributed by atoms with Crippen molar-refractivity contribution in [2.24, 2.45) is 51.8 Å². The van der Waals surface area contributed by atoms with Crippen molar-refractivity contribution < 1.29 is 10.2 Å². The Hall–Kier alpha value is -0.340. The molecule has 0 spiro atoms. The zero-order valence-electron chi connectivity index (χ0n) is 21.5. The van der Waals surface area contributed by atoms with Crippen LogP contribution in [0.5, 0.6) is 0 Å². The van der Waals surface area contributed by atoms with Crippen molar-refractivity contribution in [1.29, 1.82) is 0 Å². The van der Waals surface area contributed by atoms with Gasteiger partial charge in [-0.05, 0) is 84.9 Å². The number of aliphatic hydroxyl groups is 2. The summed E-state index contributed by atoms with van der Waals surface area (Å²) in [5.74, 6) is 4.83. The molecule has 0 heterocycles. The molecular formula is C29H50O2. The van der Waals surface area contributed by atoms with Gasteiger partial charge in [-0.25, -0.2) is 0 Å². The summed E-state index contributed by atoms with van der Waals surface area (Å²) < 4.78 is 0. The third kappa shape index (κ3) is 3.67. The molecule has 178 valence electrons. The van der Waals surface area contributed by atoms with Crippen molar-refractivity contribution in [3.8, 4) is 0 Å². The highest BCUT2D eigenvalue weighted by molar-refractivity contribution is 5.32. The summed E-state index contributed by atoms with van der Waals surface area (Å²) in [6.07, 6.45) is 12.9. The van der Waals surface area contributed by atoms with E-state index in [1.165, 1.54) is 56.9 Å². The smallest absolute Gasteiger partial charge is 0.0887 e. The molecule has 3 saturated carbocycles. The lowest BCUT2D eigenvalue weighted by molar-refractivity contribution is -0.126. The normalized spacial score (nSPS) is 47.4. The predicted octanol–water partition coefficient (Wildman–Crippen LogP) is 7.00. The van der Waals surface area contributed by atoms with Gasteiger partial charge in [-0.3, -0.25) is 0 Å². The summed E-state index contributed by atoms with van der Waals surface area (Å²) in [4.78, 5) is 0. The van der Waals surface area contributed by atoms with Crippen LogP contribution < -0.4 is 0 Å². The second kappa shape index (κ2) is 8.15. The van der Waals surface area contributed by atoms with Gasteiger partial charge in [-0.1, -0.05) is 79.4 Å². The lowest BCUT2D eigenvalue weighted by Gasteiger charge is -2.62. The van der Waals surface area contributed by atoms with Crippen LogP contribution >= 0.6 is 0 Å². The van der Waals surface area contributed by atoms with E-state index in [2.05, 4.69) is 54.5 Å². The van der Waals surface area contributed by atoms with Crippen LogP contribution in [0.2, 0.25) is 0 Å². The Labute approximate surface area is 192 Å². The molecule has 0 bridgehead atoms. The van der Waals surface area contributed by atoms with E-state index in [1.54, 1.807) is 0 Å². The predicted molar refractivity (Wildman–Crippen MR) is 130 cm³/mol. The molecule has 3 fully saturated rings. The Morgan fingerprint density at radius 3 is 2.35 bits per heavy atom. The fourth-order valence-electron chi connectivity index (χ4n) is 9.57. The van der Waals surface area contributed by atoms with Gasteiger partial charge in [0, 0.05) is 5.41 Å². The maximum absolute atomic E-state index is 10.8. The Morgan fingerprint density at radius 2 is 1.68 bits per heavy atom. The molecule has 0 aromatic rings. The molecule has 2 heteroatoms. The monoisotopic (exact) mass is 430 g/mol. The van der Waals surface area contributed by atoms with E-state index in [9.17, 15) is 10.2 Å². The van der Waals surface area contributed by atoms with Crippen molar-refractivity contribution in [2.75, 3.05) is 0 Å². The van der Waals surface area contributed by atoms with E-state index in [4.69, 9.17) is 0 Å². The van der Waals surface area contributed by atoms with Crippen molar-refractivity contribution in [2.45, 2.75) is 118 Å². The maximum Gasteiger partial charge on any atom is 0.0887 e. The van der Waals surface area contributed by atoms with Gasteiger partial charge in [0.25, 0.3) is 0 Å².